The molecule has 3 aromatic rings. The van der Waals surface area contributed by atoms with E-state index in [9.17, 15) is 4.79 Å². The minimum atomic E-state index is -0.0106. The van der Waals surface area contributed by atoms with Crippen molar-refractivity contribution in [1.82, 2.24) is 14.9 Å². The quantitative estimate of drug-likeness (QED) is 0.743. The number of aromatic nitrogens is 2. The second kappa shape index (κ2) is 7.38. The maximum Gasteiger partial charge on any atom is 0.260 e. The van der Waals surface area contributed by atoms with E-state index >= 15 is 0 Å². The average Bonchev–Trinajstić information content (AvgIpc) is 3.27. The van der Waals surface area contributed by atoms with Crippen LogP contribution in [0.1, 0.15) is 18.7 Å². The Kier molecular flexibility index (Phi) is 4.80. The van der Waals surface area contributed by atoms with Gasteiger partial charge in [-0.2, -0.15) is 0 Å². The van der Waals surface area contributed by atoms with Gasteiger partial charge in [0, 0.05) is 19.0 Å². The van der Waals surface area contributed by atoms with Crippen LogP contribution in [0.2, 0.25) is 5.02 Å². The standard InChI is InChI=1S/C20H20ClN3O2/c21-15-7-1-4-10-18(15)26-13-20(25)24-11-5-6-14(24)12-19-22-16-8-2-3-9-17(16)23-19/h1-4,7-10,14H,5-6,11-13H2,(H,22,23). The Morgan fingerprint density at radius 1 is 1.23 bits per heavy atom. The van der Waals surface area contributed by atoms with Crippen LogP contribution >= 0.6 is 11.6 Å². The van der Waals surface area contributed by atoms with Crippen molar-refractivity contribution < 1.29 is 9.53 Å². The molecule has 1 aliphatic heterocycles. The molecular weight excluding hydrogens is 350 g/mol. The summed E-state index contributed by atoms with van der Waals surface area (Å²) in [7, 11) is 0. The number of hydrogen-bond donors (Lipinski definition) is 1. The highest BCUT2D eigenvalue weighted by atomic mass is 35.5. The molecule has 2 aromatic carbocycles. The lowest BCUT2D eigenvalue weighted by atomic mass is 10.1. The molecular formula is C20H20ClN3O2. The van der Waals surface area contributed by atoms with Crippen LogP contribution in [-0.4, -0.2) is 40.0 Å². The molecule has 1 amide bonds. The Morgan fingerprint density at radius 2 is 2.04 bits per heavy atom. The zero-order valence-corrected chi connectivity index (χ0v) is 15.1. The number of benzene rings is 2. The van der Waals surface area contributed by atoms with Crippen molar-refractivity contribution in [2.24, 2.45) is 0 Å². The summed E-state index contributed by atoms with van der Waals surface area (Å²) in [6.07, 6.45) is 2.71. The minimum absolute atomic E-state index is 0.000361. The summed E-state index contributed by atoms with van der Waals surface area (Å²) in [6, 6.07) is 15.3. The molecule has 1 unspecified atom stereocenters. The smallest absolute Gasteiger partial charge is 0.260 e. The second-order valence-corrected chi connectivity index (χ2v) is 6.91. The predicted octanol–water partition coefficient (Wildman–Crippen LogP) is 3.83. The normalized spacial score (nSPS) is 17.0. The van der Waals surface area contributed by atoms with Gasteiger partial charge in [0.05, 0.1) is 16.1 Å². The van der Waals surface area contributed by atoms with Gasteiger partial charge in [-0.3, -0.25) is 4.79 Å². The molecule has 1 atom stereocenters. The van der Waals surface area contributed by atoms with E-state index in [1.807, 2.05) is 41.3 Å². The minimum Gasteiger partial charge on any atom is -0.482 e. The van der Waals surface area contributed by atoms with Crippen molar-refractivity contribution in [1.29, 1.82) is 0 Å². The summed E-state index contributed by atoms with van der Waals surface area (Å²) < 4.78 is 5.61. The summed E-state index contributed by atoms with van der Waals surface area (Å²) in [6.45, 7) is 0.760. The number of para-hydroxylation sites is 3. The Balaban J connectivity index is 1.41. The van der Waals surface area contributed by atoms with Crippen LogP contribution in [0.4, 0.5) is 0 Å². The summed E-state index contributed by atoms with van der Waals surface area (Å²) in [4.78, 5) is 22.5. The lowest BCUT2D eigenvalue weighted by Gasteiger charge is -2.24. The molecule has 1 saturated heterocycles. The number of carbonyl (C=O) groups excluding carboxylic acids is 1. The molecule has 0 spiro atoms. The van der Waals surface area contributed by atoms with Gasteiger partial charge in [-0.05, 0) is 37.1 Å². The van der Waals surface area contributed by atoms with Crippen molar-refractivity contribution in [3.63, 3.8) is 0 Å². The zero-order valence-electron chi connectivity index (χ0n) is 14.3. The number of halogens is 1. The van der Waals surface area contributed by atoms with Crippen LogP contribution in [0.5, 0.6) is 5.75 Å². The van der Waals surface area contributed by atoms with Crippen molar-refractivity contribution >= 4 is 28.5 Å². The molecule has 1 fully saturated rings. The van der Waals surface area contributed by atoms with Gasteiger partial charge in [-0.1, -0.05) is 35.9 Å². The number of amides is 1. The largest absolute Gasteiger partial charge is 0.482 e. The maximum atomic E-state index is 12.6. The fraction of sp³-hybridized carbons (Fsp3) is 0.300. The fourth-order valence-corrected chi connectivity index (χ4v) is 3.68. The first kappa shape index (κ1) is 16.9. The highest BCUT2D eigenvalue weighted by Crippen LogP contribution is 2.25. The van der Waals surface area contributed by atoms with E-state index < -0.39 is 0 Å². The van der Waals surface area contributed by atoms with Crippen molar-refractivity contribution in [3.8, 4) is 5.75 Å². The highest BCUT2D eigenvalue weighted by molar-refractivity contribution is 6.32. The number of likely N-dealkylation sites (tertiary alicyclic amines) is 1. The van der Waals surface area contributed by atoms with E-state index in [0.717, 1.165) is 42.7 Å². The Bertz CT molecular complexity index is 891. The van der Waals surface area contributed by atoms with Gasteiger partial charge < -0.3 is 14.6 Å². The van der Waals surface area contributed by atoms with E-state index in [4.69, 9.17) is 16.3 Å². The van der Waals surface area contributed by atoms with Gasteiger partial charge in [0.2, 0.25) is 0 Å². The van der Waals surface area contributed by atoms with E-state index in [0.29, 0.717) is 10.8 Å². The summed E-state index contributed by atoms with van der Waals surface area (Å²) in [5.41, 5.74) is 1.99. The molecule has 6 heteroatoms. The fourth-order valence-electron chi connectivity index (χ4n) is 3.49. The van der Waals surface area contributed by atoms with Crippen LogP contribution in [0, 0.1) is 0 Å². The van der Waals surface area contributed by atoms with E-state index in [-0.39, 0.29) is 18.6 Å². The van der Waals surface area contributed by atoms with Crippen molar-refractivity contribution in [2.75, 3.05) is 13.2 Å². The molecule has 0 bridgehead atoms. The molecule has 4 rings (SSSR count). The van der Waals surface area contributed by atoms with Crippen molar-refractivity contribution in [3.05, 3.63) is 59.4 Å². The SMILES string of the molecule is O=C(COc1ccccc1Cl)N1CCCC1Cc1nc2ccccc2[nH]1. The second-order valence-electron chi connectivity index (χ2n) is 6.51. The number of imidazole rings is 1. The number of carbonyl (C=O) groups is 1. The van der Waals surface area contributed by atoms with Gasteiger partial charge in [0.15, 0.2) is 6.61 Å². The lowest BCUT2D eigenvalue weighted by Crippen LogP contribution is -2.39. The number of hydrogen-bond acceptors (Lipinski definition) is 3. The third-order valence-electron chi connectivity index (χ3n) is 4.75. The molecule has 1 aromatic heterocycles. The first-order valence-electron chi connectivity index (χ1n) is 8.81. The maximum absolute atomic E-state index is 12.6. The summed E-state index contributed by atoms with van der Waals surface area (Å²) >= 11 is 6.08. The van der Waals surface area contributed by atoms with Crippen LogP contribution in [-0.2, 0) is 11.2 Å². The molecule has 134 valence electrons. The highest BCUT2D eigenvalue weighted by Gasteiger charge is 2.29. The van der Waals surface area contributed by atoms with E-state index in [1.165, 1.54) is 0 Å². The van der Waals surface area contributed by atoms with Crippen LogP contribution in [0.25, 0.3) is 11.0 Å². The molecule has 26 heavy (non-hydrogen) atoms. The predicted molar refractivity (Wildman–Crippen MR) is 101 cm³/mol. The van der Waals surface area contributed by atoms with Gasteiger partial charge in [0.25, 0.3) is 5.91 Å². The Morgan fingerprint density at radius 3 is 2.88 bits per heavy atom. The molecule has 0 saturated carbocycles. The third-order valence-corrected chi connectivity index (χ3v) is 5.06. The molecule has 0 aliphatic carbocycles. The zero-order chi connectivity index (χ0) is 17.9. The third kappa shape index (κ3) is 3.53. The number of fused-ring (bicyclic) bond motifs is 1. The average molecular weight is 370 g/mol. The summed E-state index contributed by atoms with van der Waals surface area (Å²) in [5, 5.41) is 0.514. The monoisotopic (exact) mass is 369 g/mol. The van der Waals surface area contributed by atoms with Crippen LogP contribution < -0.4 is 4.74 Å². The number of nitrogens with zero attached hydrogens (tertiary/aromatic N) is 2. The molecule has 1 N–H and O–H groups in total. The van der Waals surface area contributed by atoms with Gasteiger partial charge in [-0.15, -0.1) is 0 Å². The van der Waals surface area contributed by atoms with Gasteiger partial charge in [0.1, 0.15) is 11.6 Å². The lowest BCUT2D eigenvalue weighted by molar-refractivity contribution is -0.134. The molecule has 2 heterocycles. The van der Waals surface area contributed by atoms with Crippen LogP contribution in [0.3, 0.4) is 0 Å². The summed E-state index contributed by atoms with van der Waals surface area (Å²) in [5.74, 6) is 1.45. The van der Waals surface area contributed by atoms with Gasteiger partial charge in [-0.25, -0.2) is 4.98 Å². The van der Waals surface area contributed by atoms with E-state index in [2.05, 4.69) is 9.97 Å². The Labute approximate surface area is 156 Å². The number of ether oxygens (including phenoxy) is 1. The number of rotatable bonds is 5. The van der Waals surface area contributed by atoms with Crippen molar-refractivity contribution in [2.45, 2.75) is 25.3 Å². The number of nitrogens with one attached hydrogen (secondary N) is 1. The number of H-pyrrole nitrogens is 1. The molecule has 1 aliphatic rings. The molecule has 0 radical (unpaired) electrons. The Hall–Kier alpha value is -2.53. The van der Waals surface area contributed by atoms with Crippen LogP contribution in [0.15, 0.2) is 48.5 Å². The first-order chi connectivity index (χ1) is 12.7. The number of aromatic amines is 1. The molecule has 5 nitrogen and oxygen atoms in total. The topological polar surface area (TPSA) is 58.2 Å². The first-order valence-corrected chi connectivity index (χ1v) is 9.19. The van der Waals surface area contributed by atoms with E-state index in [1.54, 1.807) is 12.1 Å². The van der Waals surface area contributed by atoms with Gasteiger partial charge >= 0.3 is 0 Å².